The highest BCUT2D eigenvalue weighted by Gasteiger charge is 2.30. The third kappa shape index (κ3) is 3.28. The molecule has 1 aliphatic heterocycles. The van der Waals surface area contributed by atoms with Crippen LogP contribution in [0.5, 0.6) is 0 Å². The van der Waals surface area contributed by atoms with Crippen molar-refractivity contribution in [3.05, 3.63) is 12.4 Å². The third-order valence-electron chi connectivity index (χ3n) is 3.25. The van der Waals surface area contributed by atoms with Gasteiger partial charge in [0.05, 0.1) is 5.75 Å². The molecule has 0 unspecified atom stereocenters. The highest BCUT2D eigenvalue weighted by atomic mass is 32.2. The number of rotatable bonds is 4. The van der Waals surface area contributed by atoms with Crippen molar-refractivity contribution in [2.75, 3.05) is 12.3 Å². The molecule has 104 valence electrons. The number of thioether (sulfide) groups is 1. The highest BCUT2D eigenvalue weighted by molar-refractivity contribution is 7.99. The summed E-state index contributed by atoms with van der Waals surface area (Å²) in [7, 11) is 1.88. The van der Waals surface area contributed by atoms with E-state index in [1.807, 2.05) is 17.8 Å². The number of aryl methyl sites for hydroxylation is 1. The van der Waals surface area contributed by atoms with Crippen LogP contribution >= 0.6 is 11.8 Å². The Hall–Kier alpha value is -1.50. The van der Waals surface area contributed by atoms with Gasteiger partial charge in [0.15, 0.2) is 5.16 Å². The number of piperidine rings is 1. The van der Waals surface area contributed by atoms with E-state index in [0.717, 1.165) is 18.0 Å². The first-order valence-electron chi connectivity index (χ1n) is 6.28. The Labute approximate surface area is 116 Å². The summed E-state index contributed by atoms with van der Waals surface area (Å²) in [5.74, 6) is -0.166. The summed E-state index contributed by atoms with van der Waals surface area (Å²) in [5.41, 5.74) is 5.35. The predicted octanol–water partition coefficient (Wildman–Crippen LogP) is 0.379. The fourth-order valence-corrected chi connectivity index (χ4v) is 3.04. The Morgan fingerprint density at radius 3 is 2.95 bits per heavy atom. The van der Waals surface area contributed by atoms with E-state index in [1.54, 1.807) is 11.1 Å². The average Bonchev–Trinajstić information content (AvgIpc) is 2.81. The zero-order chi connectivity index (χ0) is 13.8. The molecule has 0 aliphatic carbocycles. The van der Waals surface area contributed by atoms with Crippen molar-refractivity contribution in [3.63, 3.8) is 0 Å². The van der Waals surface area contributed by atoms with Gasteiger partial charge in [0.2, 0.25) is 11.8 Å². The first kappa shape index (κ1) is 13.9. The lowest BCUT2D eigenvalue weighted by molar-refractivity contribution is -0.138. The van der Waals surface area contributed by atoms with Gasteiger partial charge in [0.1, 0.15) is 6.04 Å². The van der Waals surface area contributed by atoms with Crippen LogP contribution in [0.4, 0.5) is 0 Å². The maximum Gasteiger partial charge on any atom is 0.240 e. The van der Waals surface area contributed by atoms with Crippen molar-refractivity contribution in [1.29, 1.82) is 0 Å². The van der Waals surface area contributed by atoms with Crippen molar-refractivity contribution < 1.29 is 9.59 Å². The number of carbonyl (C=O) groups excluding carboxylic acids is 2. The standard InChI is InChI=1S/C12H18N4O2S/c1-15-7-5-14-12(15)19-8-10(17)16-6-3-2-4-9(16)11(13)18/h5,7,9H,2-4,6,8H2,1H3,(H2,13,18)/t9-/m1/s1. The summed E-state index contributed by atoms with van der Waals surface area (Å²) in [4.78, 5) is 29.3. The van der Waals surface area contributed by atoms with Gasteiger partial charge in [-0.2, -0.15) is 0 Å². The molecule has 0 radical (unpaired) electrons. The zero-order valence-corrected chi connectivity index (χ0v) is 11.7. The van der Waals surface area contributed by atoms with Gasteiger partial charge in [-0.05, 0) is 19.3 Å². The molecule has 1 atom stereocenters. The number of amides is 2. The Morgan fingerprint density at radius 1 is 1.53 bits per heavy atom. The molecule has 1 aromatic rings. The molecule has 7 heteroatoms. The minimum atomic E-state index is -0.441. The summed E-state index contributed by atoms with van der Waals surface area (Å²) in [5, 5.41) is 0.793. The Morgan fingerprint density at radius 2 is 2.32 bits per heavy atom. The molecule has 0 spiro atoms. The molecule has 1 saturated heterocycles. The van der Waals surface area contributed by atoms with Crippen LogP contribution in [0.1, 0.15) is 19.3 Å². The maximum absolute atomic E-state index is 12.2. The van der Waals surface area contributed by atoms with Gasteiger partial charge in [-0.15, -0.1) is 0 Å². The lowest BCUT2D eigenvalue weighted by Crippen LogP contribution is -2.51. The molecule has 0 saturated carbocycles. The number of hydrogen-bond acceptors (Lipinski definition) is 4. The molecule has 2 heterocycles. The Balaban J connectivity index is 1.94. The fourth-order valence-electron chi connectivity index (χ4n) is 2.23. The molecule has 0 aromatic carbocycles. The predicted molar refractivity (Wildman–Crippen MR) is 72.5 cm³/mol. The van der Waals surface area contributed by atoms with E-state index in [-0.39, 0.29) is 11.7 Å². The van der Waals surface area contributed by atoms with E-state index >= 15 is 0 Å². The second-order valence-corrected chi connectivity index (χ2v) is 5.55. The smallest absolute Gasteiger partial charge is 0.240 e. The van der Waals surface area contributed by atoms with Crippen molar-refractivity contribution >= 4 is 23.6 Å². The largest absolute Gasteiger partial charge is 0.368 e. The number of nitrogens with zero attached hydrogens (tertiary/aromatic N) is 3. The van der Waals surface area contributed by atoms with Crippen LogP contribution in [-0.2, 0) is 16.6 Å². The van der Waals surface area contributed by atoms with Gasteiger partial charge in [-0.3, -0.25) is 9.59 Å². The minimum Gasteiger partial charge on any atom is -0.368 e. The molecule has 2 amide bonds. The van der Waals surface area contributed by atoms with E-state index in [9.17, 15) is 9.59 Å². The first-order valence-corrected chi connectivity index (χ1v) is 7.27. The topological polar surface area (TPSA) is 81.2 Å². The third-order valence-corrected chi connectivity index (χ3v) is 4.30. The number of nitrogens with two attached hydrogens (primary N) is 1. The van der Waals surface area contributed by atoms with E-state index in [0.29, 0.717) is 13.0 Å². The lowest BCUT2D eigenvalue weighted by atomic mass is 10.0. The summed E-state index contributed by atoms with van der Waals surface area (Å²) >= 11 is 1.38. The molecule has 1 fully saturated rings. The second-order valence-electron chi connectivity index (χ2n) is 4.61. The normalized spacial score (nSPS) is 19.4. The number of imidazole rings is 1. The average molecular weight is 282 g/mol. The second kappa shape index (κ2) is 6.10. The summed E-state index contributed by atoms with van der Waals surface area (Å²) < 4.78 is 1.86. The minimum absolute atomic E-state index is 0.0449. The lowest BCUT2D eigenvalue weighted by Gasteiger charge is -2.33. The zero-order valence-electron chi connectivity index (χ0n) is 10.9. The quantitative estimate of drug-likeness (QED) is 0.809. The van der Waals surface area contributed by atoms with E-state index in [1.165, 1.54) is 11.8 Å². The SMILES string of the molecule is Cn1ccnc1SCC(=O)N1CCCC[C@@H]1C(N)=O. The number of likely N-dealkylation sites (tertiary alicyclic amines) is 1. The maximum atomic E-state index is 12.2. The van der Waals surface area contributed by atoms with E-state index in [4.69, 9.17) is 5.73 Å². The van der Waals surface area contributed by atoms with Gasteiger partial charge >= 0.3 is 0 Å². The van der Waals surface area contributed by atoms with Crippen LogP contribution in [0.25, 0.3) is 0 Å². The molecule has 2 rings (SSSR count). The molecular formula is C12H18N4O2S. The fraction of sp³-hybridized carbons (Fsp3) is 0.583. The van der Waals surface area contributed by atoms with Gasteiger partial charge in [-0.1, -0.05) is 11.8 Å². The van der Waals surface area contributed by atoms with Gasteiger partial charge in [0.25, 0.3) is 0 Å². The number of carbonyl (C=O) groups is 2. The van der Waals surface area contributed by atoms with Crippen molar-refractivity contribution in [2.24, 2.45) is 12.8 Å². The monoisotopic (exact) mass is 282 g/mol. The molecule has 19 heavy (non-hydrogen) atoms. The summed E-state index contributed by atoms with van der Waals surface area (Å²) in [6.07, 6.45) is 6.08. The molecule has 2 N–H and O–H groups in total. The van der Waals surface area contributed by atoms with Crippen molar-refractivity contribution in [2.45, 2.75) is 30.5 Å². The van der Waals surface area contributed by atoms with E-state index < -0.39 is 11.9 Å². The highest BCUT2D eigenvalue weighted by Crippen LogP contribution is 2.20. The first-order chi connectivity index (χ1) is 9.09. The van der Waals surface area contributed by atoms with Gasteiger partial charge < -0.3 is 15.2 Å². The number of hydrogen-bond donors (Lipinski definition) is 1. The molecule has 6 nitrogen and oxygen atoms in total. The number of primary amides is 1. The van der Waals surface area contributed by atoms with Gasteiger partial charge in [0, 0.05) is 26.0 Å². The van der Waals surface area contributed by atoms with Crippen LogP contribution in [0.15, 0.2) is 17.6 Å². The van der Waals surface area contributed by atoms with Crippen LogP contribution in [0.2, 0.25) is 0 Å². The Bertz CT molecular complexity index is 474. The summed E-state index contributed by atoms with van der Waals surface area (Å²) in [6.45, 7) is 0.619. The van der Waals surface area contributed by atoms with Crippen molar-refractivity contribution in [1.82, 2.24) is 14.5 Å². The van der Waals surface area contributed by atoms with Crippen molar-refractivity contribution in [3.8, 4) is 0 Å². The van der Waals surface area contributed by atoms with Gasteiger partial charge in [-0.25, -0.2) is 4.98 Å². The van der Waals surface area contributed by atoms with Crippen LogP contribution in [0.3, 0.4) is 0 Å². The molecule has 1 aliphatic rings. The van der Waals surface area contributed by atoms with E-state index in [2.05, 4.69) is 4.98 Å². The molecular weight excluding hydrogens is 264 g/mol. The van der Waals surface area contributed by atoms with Crippen LogP contribution < -0.4 is 5.73 Å². The van der Waals surface area contributed by atoms with Crippen LogP contribution in [0, 0.1) is 0 Å². The Kier molecular flexibility index (Phi) is 4.47. The molecule has 0 bridgehead atoms. The molecule has 1 aromatic heterocycles. The number of aromatic nitrogens is 2. The summed E-state index contributed by atoms with van der Waals surface area (Å²) in [6, 6.07) is -0.441. The van der Waals surface area contributed by atoms with Crippen LogP contribution in [-0.4, -0.2) is 44.6 Å².